The van der Waals surface area contributed by atoms with Crippen LogP contribution in [0.15, 0.2) is 36.9 Å². The molecule has 0 aliphatic carbocycles. The summed E-state index contributed by atoms with van der Waals surface area (Å²) in [6.07, 6.45) is 1.43. The molecule has 1 heterocycles. The minimum atomic E-state index is -0.831. The van der Waals surface area contributed by atoms with Crippen LogP contribution in [0, 0.1) is 10.1 Å². The van der Waals surface area contributed by atoms with Gasteiger partial charge in [0.05, 0.1) is 24.7 Å². The van der Waals surface area contributed by atoms with Gasteiger partial charge < -0.3 is 19.9 Å². The molecule has 11 nitrogen and oxygen atoms in total. The van der Waals surface area contributed by atoms with Gasteiger partial charge in [-0.25, -0.2) is 4.79 Å². The fraction of sp³-hybridized carbons (Fsp3) is 0.350. The molecule has 0 saturated heterocycles. The summed E-state index contributed by atoms with van der Waals surface area (Å²) in [5.41, 5.74) is 5.81. The zero-order valence-corrected chi connectivity index (χ0v) is 17.4. The number of nitrogens with two attached hydrogens (primary N) is 1. The quantitative estimate of drug-likeness (QED) is 0.321. The van der Waals surface area contributed by atoms with E-state index in [9.17, 15) is 14.9 Å². The molecular weight excluding hydrogens is 406 g/mol. The van der Waals surface area contributed by atoms with Gasteiger partial charge in [0.15, 0.2) is 0 Å². The average Bonchev–Trinajstić information content (AvgIpc) is 2.74. The Kier molecular flexibility index (Phi) is 8.55. The molecule has 0 atom stereocenters. The van der Waals surface area contributed by atoms with Crippen LogP contribution in [0.4, 0.5) is 22.1 Å². The zero-order valence-electron chi connectivity index (χ0n) is 17.4. The lowest BCUT2D eigenvalue weighted by Gasteiger charge is -2.21. The summed E-state index contributed by atoms with van der Waals surface area (Å²) in [7, 11) is 0. The second kappa shape index (κ2) is 11.3. The second-order valence-electron chi connectivity index (χ2n) is 6.20. The Bertz CT molecular complexity index is 936. The normalized spacial score (nSPS) is 10.3. The molecule has 0 spiro atoms. The van der Waals surface area contributed by atoms with Crippen LogP contribution in [0.2, 0.25) is 0 Å². The molecule has 0 saturated carbocycles. The van der Waals surface area contributed by atoms with Gasteiger partial charge in [-0.05, 0) is 31.0 Å². The van der Waals surface area contributed by atoms with Crippen molar-refractivity contribution >= 4 is 23.4 Å². The molecule has 0 unspecified atom stereocenters. The van der Waals surface area contributed by atoms with Crippen molar-refractivity contribution in [3.63, 3.8) is 0 Å². The van der Waals surface area contributed by atoms with Crippen molar-refractivity contribution in [2.45, 2.75) is 26.8 Å². The Morgan fingerprint density at radius 2 is 2.10 bits per heavy atom. The standard InChI is InChI=1S/C20H25N5O6/c1-4-10-30-15-9-7-8-14(12-15)13-24(20(26)29-6-3)18-16(25(27)28)17(21)22-19(23-18)31-11-5-2/h4,7-9,12H,1,5-6,10-11,13H2,2-3H3,(H2,21,22,23). The summed E-state index contributed by atoms with van der Waals surface area (Å²) in [4.78, 5) is 32.6. The van der Waals surface area contributed by atoms with Gasteiger partial charge in [0.2, 0.25) is 11.6 Å². The Hall–Kier alpha value is -3.89. The van der Waals surface area contributed by atoms with Gasteiger partial charge in [0.1, 0.15) is 12.4 Å². The average molecular weight is 431 g/mol. The van der Waals surface area contributed by atoms with E-state index in [1.54, 1.807) is 37.3 Å². The Morgan fingerprint density at radius 1 is 1.32 bits per heavy atom. The number of rotatable bonds is 11. The summed E-state index contributed by atoms with van der Waals surface area (Å²) in [6.45, 7) is 7.65. The third-order valence-electron chi connectivity index (χ3n) is 3.84. The van der Waals surface area contributed by atoms with Crippen LogP contribution in [0.3, 0.4) is 0 Å². The molecule has 0 bridgehead atoms. The fourth-order valence-electron chi connectivity index (χ4n) is 2.56. The van der Waals surface area contributed by atoms with Crippen LogP contribution in [0.1, 0.15) is 25.8 Å². The molecule has 0 radical (unpaired) electrons. The van der Waals surface area contributed by atoms with Gasteiger partial charge in [-0.15, -0.1) is 0 Å². The molecule has 2 rings (SSSR count). The van der Waals surface area contributed by atoms with E-state index in [4.69, 9.17) is 19.9 Å². The summed E-state index contributed by atoms with van der Waals surface area (Å²) >= 11 is 0. The zero-order chi connectivity index (χ0) is 22.8. The molecule has 31 heavy (non-hydrogen) atoms. The predicted octanol–water partition coefficient (Wildman–Crippen LogP) is 3.48. The van der Waals surface area contributed by atoms with Crippen molar-refractivity contribution in [2.75, 3.05) is 30.5 Å². The first-order valence-corrected chi connectivity index (χ1v) is 9.62. The highest BCUT2D eigenvalue weighted by atomic mass is 16.6. The molecular formula is C20H25N5O6. The minimum absolute atomic E-state index is 0.0609. The first kappa shape index (κ1) is 23.4. The number of carbonyl (C=O) groups excluding carboxylic acids is 1. The predicted molar refractivity (Wildman–Crippen MR) is 114 cm³/mol. The highest BCUT2D eigenvalue weighted by Gasteiger charge is 2.32. The molecule has 1 amide bonds. The monoisotopic (exact) mass is 431 g/mol. The smallest absolute Gasteiger partial charge is 0.415 e. The van der Waals surface area contributed by atoms with Crippen molar-refractivity contribution in [1.82, 2.24) is 9.97 Å². The number of benzene rings is 1. The maximum absolute atomic E-state index is 12.7. The number of nitrogen functional groups attached to an aromatic ring is 1. The van der Waals surface area contributed by atoms with Gasteiger partial charge in [-0.1, -0.05) is 31.7 Å². The lowest BCUT2D eigenvalue weighted by Crippen LogP contribution is -2.33. The largest absolute Gasteiger partial charge is 0.490 e. The van der Waals surface area contributed by atoms with Crippen LogP contribution in [0.25, 0.3) is 0 Å². The molecule has 2 N–H and O–H groups in total. The number of nitro groups is 1. The van der Waals surface area contributed by atoms with E-state index in [1.807, 2.05) is 6.92 Å². The molecule has 2 aromatic rings. The van der Waals surface area contributed by atoms with Crippen molar-refractivity contribution in [1.29, 1.82) is 0 Å². The van der Waals surface area contributed by atoms with Crippen molar-refractivity contribution in [3.05, 3.63) is 52.6 Å². The number of hydrogen-bond donors (Lipinski definition) is 1. The van der Waals surface area contributed by atoms with E-state index in [-0.39, 0.29) is 31.6 Å². The van der Waals surface area contributed by atoms with Gasteiger partial charge in [-0.2, -0.15) is 9.97 Å². The molecule has 0 aliphatic heterocycles. The highest BCUT2D eigenvalue weighted by molar-refractivity contribution is 5.90. The topological polar surface area (TPSA) is 143 Å². The number of amides is 1. The first-order valence-electron chi connectivity index (χ1n) is 9.62. The van der Waals surface area contributed by atoms with Crippen LogP contribution in [-0.4, -0.2) is 40.8 Å². The lowest BCUT2D eigenvalue weighted by molar-refractivity contribution is -0.383. The van der Waals surface area contributed by atoms with Crippen LogP contribution in [-0.2, 0) is 11.3 Å². The lowest BCUT2D eigenvalue weighted by atomic mass is 10.2. The Balaban J connectivity index is 2.52. The molecule has 1 aromatic carbocycles. The molecule has 0 fully saturated rings. The highest BCUT2D eigenvalue weighted by Crippen LogP contribution is 2.34. The van der Waals surface area contributed by atoms with E-state index in [0.717, 1.165) is 4.90 Å². The van der Waals surface area contributed by atoms with Crippen LogP contribution < -0.4 is 20.1 Å². The number of hydrogen-bond acceptors (Lipinski definition) is 9. The van der Waals surface area contributed by atoms with Crippen molar-refractivity contribution in [2.24, 2.45) is 0 Å². The number of ether oxygens (including phenoxy) is 3. The van der Waals surface area contributed by atoms with Gasteiger partial charge in [-0.3, -0.25) is 15.0 Å². The third kappa shape index (κ3) is 6.29. The number of carbonyl (C=O) groups is 1. The minimum Gasteiger partial charge on any atom is -0.490 e. The van der Waals surface area contributed by atoms with E-state index in [2.05, 4.69) is 16.5 Å². The van der Waals surface area contributed by atoms with Gasteiger partial charge in [0.25, 0.3) is 0 Å². The molecule has 0 aliphatic rings. The first-order chi connectivity index (χ1) is 14.9. The van der Waals surface area contributed by atoms with Gasteiger partial charge in [0, 0.05) is 0 Å². The maximum atomic E-state index is 12.7. The Morgan fingerprint density at radius 3 is 2.74 bits per heavy atom. The van der Waals surface area contributed by atoms with Crippen molar-refractivity contribution in [3.8, 4) is 11.8 Å². The van der Waals surface area contributed by atoms with Crippen LogP contribution in [0.5, 0.6) is 11.8 Å². The number of anilines is 2. The van der Waals surface area contributed by atoms with E-state index in [0.29, 0.717) is 24.3 Å². The maximum Gasteiger partial charge on any atom is 0.415 e. The summed E-state index contributed by atoms with van der Waals surface area (Å²) in [5.74, 6) is -0.192. The van der Waals surface area contributed by atoms with E-state index < -0.39 is 22.5 Å². The summed E-state index contributed by atoms with van der Waals surface area (Å²) in [5, 5.41) is 11.7. The van der Waals surface area contributed by atoms with E-state index in [1.165, 1.54) is 0 Å². The second-order valence-corrected chi connectivity index (χ2v) is 6.20. The third-order valence-corrected chi connectivity index (χ3v) is 3.84. The Labute approximate surface area is 179 Å². The fourth-order valence-corrected chi connectivity index (χ4v) is 2.56. The van der Waals surface area contributed by atoms with Gasteiger partial charge >= 0.3 is 17.8 Å². The number of nitrogens with zero attached hydrogens (tertiary/aromatic N) is 4. The van der Waals surface area contributed by atoms with Crippen LogP contribution >= 0.6 is 0 Å². The summed E-state index contributed by atoms with van der Waals surface area (Å²) < 4.78 is 16.0. The summed E-state index contributed by atoms with van der Waals surface area (Å²) in [6, 6.07) is 6.73. The molecule has 166 valence electrons. The SMILES string of the molecule is C=CCOc1cccc(CN(C(=O)OCC)c2nc(OCCC)nc(N)c2[N+](=O)[O-])c1. The molecule has 11 heteroatoms. The van der Waals surface area contributed by atoms with Crippen molar-refractivity contribution < 1.29 is 23.9 Å². The number of aromatic nitrogens is 2. The van der Waals surface area contributed by atoms with E-state index >= 15 is 0 Å². The molecule has 1 aromatic heterocycles.